The van der Waals surface area contributed by atoms with Gasteiger partial charge in [0.15, 0.2) is 0 Å². The molecule has 0 N–H and O–H groups in total. The summed E-state index contributed by atoms with van der Waals surface area (Å²) in [5, 5.41) is 0. The number of halogens is 2. The van der Waals surface area contributed by atoms with Crippen molar-refractivity contribution in [2.75, 3.05) is 19.1 Å². The standard InChI is InChI=1S/C10H12Br2O3S/c1-15-10-4-3-7(5-8(10)11)9(12)6-16(2,13)14/h3-5,9H,6H2,1-2H3. The molecule has 0 aliphatic rings. The zero-order chi connectivity index (χ0) is 12.3. The van der Waals surface area contributed by atoms with E-state index < -0.39 is 9.84 Å². The SMILES string of the molecule is COc1ccc(C(Br)CS(C)(=O)=O)cc1Br. The van der Waals surface area contributed by atoms with Crippen molar-refractivity contribution in [2.45, 2.75) is 4.83 Å². The maximum atomic E-state index is 11.2. The summed E-state index contributed by atoms with van der Waals surface area (Å²) < 4.78 is 28.2. The largest absolute Gasteiger partial charge is 0.496 e. The lowest BCUT2D eigenvalue weighted by Gasteiger charge is -2.11. The van der Waals surface area contributed by atoms with E-state index in [0.717, 1.165) is 15.8 Å². The highest BCUT2D eigenvalue weighted by Crippen LogP contribution is 2.31. The minimum absolute atomic E-state index is 0.0752. The zero-order valence-corrected chi connectivity index (χ0v) is 12.9. The van der Waals surface area contributed by atoms with Crippen molar-refractivity contribution in [1.29, 1.82) is 0 Å². The molecule has 0 aromatic heterocycles. The number of hydrogen-bond acceptors (Lipinski definition) is 3. The Balaban J connectivity index is 2.93. The average molecular weight is 372 g/mol. The van der Waals surface area contributed by atoms with Gasteiger partial charge in [-0.05, 0) is 33.6 Å². The van der Waals surface area contributed by atoms with Crippen molar-refractivity contribution in [3.8, 4) is 5.75 Å². The van der Waals surface area contributed by atoms with Gasteiger partial charge in [-0.3, -0.25) is 0 Å². The second-order valence-corrected chi connectivity index (χ2v) is 7.60. The molecule has 1 unspecified atom stereocenters. The molecule has 0 heterocycles. The number of methoxy groups -OCH3 is 1. The molecule has 0 saturated heterocycles. The maximum Gasteiger partial charge on any atom is 0.148 e. The summed E-state index contributed by atoms with van der Waals surface area (Å²) in [6.07, 6.45) is 1.22. The first-order valence-corrected chi connectivity index (χ1v) is 8.25. The predicted octanol–water partition coefficient (Wildman–Crippen LogP) is 2.94. The molecule has 0 bridgehead atoms. The third kappa shape index (κ3) is 4.07. The Bertz CT molecular complexity index is 471. The molecular formula is C10H12Br2O3S. The number of sulfone groups is 1. The zero-order valence-electron chi connectivity index (χ0n) is 8.91. The number of ether oxygens (including phenoxy) is 1. The van der Waals surface area contributed by atoms with Gasteiger partial charge in [-0.1, -0.05) is 22.0 Å². The number of alkyl halides is 1. The highest BCUT2D eigenvalue weighted by Gasteiger charge is 2.15. The molecule has 0 aliphatic heterocycles. The van der Waals surface area contributed by atoms with E-state index in [9.17, 15) is 8.42 Å². The van der Waals surface area contributed by atoms with Crippen molar-refractivity contribution >= 4 is 41.7 Å². The molecule has 90 valence electrons. The highest BCUT2D eigenvalue weighted by atomic mass is 79.9. The smallest absolute Gasteiger partial charge is 0.148 e. The fraction of sp³-hybridized carbons (Fsp3) is 0.400. The minimum Gasteiger partial charge on any atom is -0.496 e. The minimum atomic E-state index is -2.99. The summed E-state index contributed by atoms with van der Waals surface area (Å²) in [4.78, 5) is -0.204. The van der Waals surface area contributed by atoms with E-state index in [-0.39, 0.29) is 10.6 Å². The summed E-state index contributed by atoms with van der Waals surface area (Å²) in [7, 11) is -1.41. The molecular weight excluding hydrogens is 360 g/mol. The highest BCUT2D eigenvalue weighted by molar-refractivity contribution is 9.10. The van der Waals surface area contributed by atoms with Gasteiger partial charge in [0.2, 0.25) is 0 Å². The van der Waals surface area contributed by atoms with Crippen LogP contribution >= 0.6 is 31.9 Å². The molecule has 0 radical (unpaired) electrons. The van der Waals surface area contributed by atoms with Crippen LogP contribution in [0.4, 0.5) is 0 Å². The van der Waals surface area contributed by atoms with Gasteiger partial charge in [0.25, 0.3) is 0 Å². The maximum absolute atomic E-state index is 11.2. The van der Waals surface area contributed by atoms with E-state index in [1.54, 1.807) is 13.2 Å². The Morgan fingerprint density at radius 1 is 1.44 bits per heavy atom. The molecule has 1 aromatic carbocycles. The van der Waals surface area contributed by atoms with Gasteiger partial charge in [-0.2, -0.15) is 0 Å². The molecule has 0 saturated carbocycles. The van der Waals surface area contributed by atoms with E-state index in [1.165, 1.54) is 6.26 Å². The lowest BCUT2D eigenvalue weighted by Crippen LogP contribution is -2.08. The van der Waals surface area contributed by atoms with Gasteiger partial charge >= 0.3 is 0 Å². The fourth-order valence-electron chi connectivity index (χ4n) is 1.24. The van der Waals surface area contributed by atoms with E-state index >= 15 is 0 Å². The van der Waals surface area contributed by atoms with E-state index in [0.29, 0.717) is 0 Å². The van der Waals surface area contributed by atoms with Crippen LogP contribution in [0.25, 0.3) is 0 Å². The van der Waals surface area contributed by atoms with Crippen molar-refractivity contribution in [3.05, 3.63) is 28.2 Å². The molecule has 0 spiro atoms. The second kappa shape index (κ2) is 5.51. The number of rotatable bonds is 4. The topological polar surface area (TPSA) is 43.4 Å². The number of hydrogen-bond donors (Lipinski definition) is 0. The Labute approximate surface area is 112 Å². The molecule has 1 rings (SSSR count). The molecule has 1 aromatic rings. The average Bonchev–Trinajstić information content (AvgIpc) is 2.15. The predicted molar refractivity (Wildman–Crippen MR) is 72.1 cm³/mol. The Morgan fingerprint density at radius 3 is 2.50 bits per heavy atom. The van der Waals surface area contributed by atoms with Gasteiger partial charge < -0.3 is 4.74 Å². The van der Waals surface area contributed by atoms with Crippen LogP contribution in [0.1, 0.15) is 10.4 Å². The van der Waals surface area contributed by atoms with E-state index in [4.69, 9.17) is 4.74 Å². The van der Waals surface area contributed by atoms with Crippen molar-refractivity contribution in [1.82, 2.24) is 0 Å². The van der Waals surface area contributed by atoms with Crippen LogP contribution in [0.15, 0.2) is 22.7 Å². The summed E-state index contributed by atoms with van der Waals surface area (Å²) in [5.41, 5.74) is 0.901. The van der Waals surface area contributed by atoms with Crippen LogP contribution in [-0.2, 0) is 9.84 Å². The Morgan fingerprint density at radius 2 is 2.06 bits per heavy atom. The molecule has 6 heteroatoms. The summed E-state index contributed by atoms with van der Waals surface area (Å²) in [5.74, 6) is 0.800. The normalized spacial score (nSPS) is 13.5. The van der Waals surface area contributed by atoms with Crippen LogP contribution in [0.2, 0.25) is 0 Å². The molecule has 1 atom stereocenters. The third-order valence-corrected chi connectivity index (χ3v) is 4.83. The van der Waals surface area contributed by atoms with Crippen LogP contribution < -0.4 is 4.74 Å². The van der Waals surface area contributed by atoms with Crippen LogP contribution in [0.3, 0.4) is 0 Å². The van der Waals surface area contributed by atoms with Gasteiger partial charge in [0, 0.05) is 6.26 Å². The van der Waals surface area contributed by atoms with Gasteiger partial charge in [0.1, 0.15) is 15.6 Å². The van der Waals surface area contributed by atoms with Gasteiger partial charge in [-0.15, -0.1) is 0 Å². The molecule has 0 fully saturated rings. The molecule has 0 amide bonds. The second-order valence-electron chi connectivity index (χ2n) is 3.45. The Kier molecular flexibility index (Phi) is 4.82. The monoisotopic (exact) mass is 370 g/mol. The van der Waals surface area contributed by atoms with E-state index in [2.05, 4.69) is 31.9 Å². The Hall–Kier alpha value is -0.0700. The molecule has 0 aliphatic carbocycles. The van der Waals surface area contributed by atoms with Crippen LogP contribution in [0, 0.1) is 0 Å². The summed E-state index contributed by atoms with van der Waals surface area (Å²) >= 11 is 6.72. The molecule has 16 heavy (non-hydrogen) atoms. The fourth-order valence-corrected chi connectivity index (χ4v) is 4.25. The van der Waals surface area contributed by atoms with Crippen molar-refractivity contribution in [3.63, 3.8) is 0 Å². The lowest BCUT2D eigenvalue weighted by atomic mass is 10.2. The third-order valence-electron chi connectivity index (χ3n) is 1.99. The van der Waals surface area contributed by atoms with Gasteiger partial charge in [-0.25, -0.2) is 8.42 Å². The first-order chi connectivity index (χ1) is 7.33. The van der Waals surface area contributed by atoms with E-state index in [1.807, 2.05) is 12.1 Å². The quantitative estimate of drug-likeness (QED) is 0.764. The van der Waals surface area contributed by atoms with Crippen LogP contribution in [-0.4, -0.2) is 27.5 Å². The first kappa shape index (κ1) is 14.0. The summed E-state index contributed by atoms with van der Waals surface area (Å²) in [6.45, 7) is 0. The lowest BCUT2D eigenvalue weighted by molar-refractivity contribution is 0.412. The first-order valence-electron chi connectivity index (χ1n) is 4.48. The molecule has 3 nitrogen and oxygen atoms in total. The number of benzene rings is 1. The van der Waals surface area contributed by atoms with Crippen molar-refractivity contribution in [2.24, 2.45) is 0 Å². The van der Waals surface area contributed by atoms with Crippen LogP contribution in [0.5, 0.6) is 5.75 Å². The summed E-state index contributed by atoms with van der Waals surface area (Å²) in [6, 6.07) is 5.49. The van der Waals surface area contributed by atoms with Gasteiger partial charge in [0.05, 0.1) is 22.2 Å². The van der Waals surface area contributed by atoms with Crippen molar-refractivity contribution < 1.29 is 13.2 Å².